The first-order valence-corrected chi connectivity index (χ1v) is 9.03. The van der Waals surface area contributed by atoms with Crippen LogP contribution in [0.1, 0.15) is 17.5 Å². The standard InChI is InChI=1S/C20H20ClN3O3/c1-13-7-9-16(15(21)11-13)22-18(25)12-24-19(26)17(23-20(24)27)10-8-14-5-3-2-4-6-14/h2-7,9,11,17H,8,10,12H2,1H3,(H,22,25)(H,23,27)/t17-/m0/s1. The van der Waals surface area contributed by atoms with Crippen molar-refractivity contribution in [3.05, 3.63) is 64.7 Å². The SMILES string of the molecule is Cc1ccc(NC(=O)CN2C(=O)N[C@@H](CCc3ccccc3)C2=O)c(Cl)c1. The van der Waals surface area contributed by atoms with Gasteiger partial charge in [0.15, 0.2) is 0 Å². The Morgan fingerprint density at radius 2 is 1.93 bits per heavy atom. The number of hydrogen-bond acceptors (Lipinski definition) is 3. The Kier molecular flexibility index (Phi) is 5.76. The van der Waals surface area contributed by atoms with Gasteiger partial charge in [-0.05, 0) is 43.0 Å². The molecule has 0 aliphatic carbocycles. The molecule has 2 aromatic carbocycles. The fourth-order valence-corrected chi connectivity index (χ4v) is 3.22. The van der Waals surface area contributed by atoms with Gasteiger partial charge < -0.3 is 10.6 Å². The van der Waals surface area contributed by atoms with E-state index in [-0.39, 0.29) is 12.5 Å². The van der Waals surface area contributed by atoms with Gasteiger partial charge in [0.25, 0.3) is 5.91 Å². The summed E-state index contributed by atoms with van der Waals surface area (Å²) in [6.45, 7) is 1.54. The van der Waals surface area contributed by atoms with E-state index < -0.39 is 18.0 Å². The van der Waals surface area contributed by atoms with Crippen LogP contribution in [0.3, 0.4) is 0 Å². The lowest BCUT2D eigenvalue weighted by atomic mass is 10.1. The van der Waals surface area contributed by atoms with Gasteiger partial charge in [-0.25, -0.2) is 4.79 Å². The molecule has 2 N–H and O–H groups in total. The Hall–Kier alpha value is -2.86. The van der Waals surface area contributed by atoms with E-state index in [1.165, 1.54) is 0 Å². The lowest BCUT2D eigenvalue weighted by Gasteiger charge is -2.14. The van der Waals surface area contributed by atoms with Crippen molar-refractivity contribution in [2.24, 2.45) is 0 Å². The molecule has 27 heavy (non-hydrogen) atoms. The maximum Gasteiger partial charge on any atom is 0.325 e. The molecular weight excluding hydrogens is 366 g/mol. The molecule has 1 heterocycles. The number of anilines is 1. The fraction of sp³-hybridized carbons (Fsp3) is 0.250. The minimum atomic E-state index is -0.617. The van der Waals surface area contributed by atoms with Crippen LogP contribution in [-0.2, 0) is 16.0 Å². The first-order valence-electron chi connectivity index (χ1n) is 8.66. The summed E-state index contributed by atoms with van der Waals surface area (Å²) in [5, 5.41) is 5.68. The van der Waals surface area contributed by atoms with Crippen LogP contribution in [0.15, 0.2) is 48.5 Å². The van der Waals surface area contributed by atoms with Crippen molar-refractivity contribution in [3.63, 3.8) is 0 Å². The van der Waals surface area contributed by atoms with Gasteiger partial charge >= 0.3 is 6.03 Å². The van der Waals surface area contributed by atoms with Gasteiger partial charge in [-0.15, -0.1) is 0 Å². The quantitative estimate of drug-likeness (QED) is 0.750. The third kappa shape index (κ3) is 4.65. The first-order chi connectivity index (χ1) is 12.9. The Labute approximate surface area is 162 Å². The zero-order chi connectivity index (χ0) is 19.4. The second kappa shape index (κ2) is 8.22. The molecule has 1 saturated heterocycles. The molecule has 140 valence electrons. The summed E-state index contributed by atoms with van der Waals surface area (Å²) in [4.78, 5) is 37.7. The molecule has 1 aliphatic heterocycles. The molecule has 0 bridgehead atoms. The van der Waals surface area contributed by atoms with Crippen LogP contribution < -0.4 is 10.6 Å². The maximum atomic E-state index is 12.5. The topological polar surface area (TPSA) is 78.5 Å². The molecule has 0 radical (unpaired) electrons. The summed E-state index contributed by atoms with van der Waals surface area (Å²) < 4.78 is 0. The molecule has 1 fully saturated rings. The van der Waals surface area contributed by atoms with E-state index >= 15 is 0 Å². The number of carbonyl (C=O) groups excluding carboxylic acids is 3. The third-order valence-electron chi connectivity index (χ3n) is 4.37. The van der Waals surface area contributed by atoms with Crippen molar-refractivity contribution >= 4 is 35.1 Å². The Morgan fingerprint density at radius 1 is 1.19 bits per heavy atom. The van der Waals surface area contributed by atoms with Crippen molar-refractivity contribution < 1.29 is 14.4 Å². The van der Waals surface area contributed by atoms with E-state index in [9.17, 15) is 14.4 Å². The van der Waals surface area contributed by atoms with E-state index in [1.54, 1.807) is 12.1 Å². The summed E-state index contributed by atoms with van der Waals surface area (Å²) in [5.41, 5.74) is 2.50. The molecule has 2 aromatic rings. The fourth-order valence-electron chi connectivity index (χ4n) is 2.93. The summed E-state index contributed by atoms with van der Waals surface area (Å²) in [6.07, 6.45) is 1.15. The predicted octanol–water partition coefficient (Wildman–Crippen LogP) is 3.14. The molecule has 7 heteroatoms. The molecule has 1 aliphatic rings. The Morgan fingerprint density at radius 3 is 2.63 bits per heavy atom. The van der Waals surface area contributed by atoms with Crippen LogP contribution in [0.4, 0.5) is 10.5 Å². The van der Waals surface area contributed by atoms with Crippen LogP contribution in [0.2, 0.25) is 5.02 Å². The van der Waals surface area contributed by atoms with Gasteiger partial charge in [-0.2, -0.15) is 0 Å². The zero-order valence-electron chi connectivity index (χ0n) is 14.9. The summed E-state index contributed by atoms with van der Waals surface area (Å²) in [5.74, 6) is -0.867. The molecule has 0 aromatic heterocycles. The highest BCUT2D eigenvalue weighted by Gasteiger charge is 2.38. The second-order valence-electron chi connectivity index (χ2n) is 6.48. The van der Waals surface area contributed by atoms with Gasteiger partial charge in [0.2, 0.25) is 5.91 Å². The lowest BCUT2D eigenvalue weighted by Crippen LogP contribution is -2.38. The predicted molar refractivity (Wildman–Crippen MR) is 104 cm³/mol. The largest absolute Gasteiger partial charge is 0.326 e. The number of rotatable bonds is 6. The monoisotopic (exact) mass is 385 g/mol. The highest BCUT2D eigenvalue weighted by atomic mass is 35.5. The van der Waals surface area contributed by atoms with Crippen molar-refractivity contribution in [2.75, 3.05) is 11.9 Å². The van der Waals surface area contributed by atoms with Crippen molar-refractivity contribution in [3.8, 4) is 0 Å². The minimum absolute atomic E-state index is 0.350. The number of nitrogens with one attached hydrogen (secondary N) is 2. The van der Waals surface area contributed by atoms with Gasteiger partial charge in [0.05, 0.1) is 10.7 Å². The Bertz CT molecular complexity index is 870. The summed E-state index contributed by atoms with van der Waals surface area (Å²) in [6, 6.07) is 13.8. The lowest BCUT2D eigenvalue weighted by molar-refractivity contribution is -0.130. The van der Waals surface area contributed by atoms with Crippen molar-refractivity contribution in [1.82, 2.24) is 10.2 Å². The van der Waals surface area contributed by atoms with Crippen LogP contribution in [0.5, 0.6) is 0 Å². The second-order valence-corrected chi connectivity index (χ2v) is 6.89. The van der Waals surface area contributed by atoms with E-state index in [4.69, 9.17) is 11.6 Å². The van der Waals surface area contributed by atoms with E-state index in [0.29, 0.717) is 23.6 Å². The van der Waals surface area contributed by atoms with Gasteiger partial charge in [-0.3, -0.25) is 14.5 Å². The zero-order valence-corrected chi connectivity index (χ0v) is 15.6. The molecule has 0 saturated carbocycles. The number of halogens is 1. The summed E-state index contributed by atoms with van der Waals surface area (Å²) >= 11 is 6.10. The van der Waals surface area contributed by atoms with Gasteiger partial charge in [0.1, 0.15) is 12.6 Å². The number of imide groups is 1. The van der Waals surface area contributed by atoms with Gasteiger partial charge in [-0.1, -0.05) is 48.0 Å². The van der Waals surface area contributed by atoms with Crippen LogP contribution in [0.25, 0.3) is 0 Å². The average Bonchev–Trinajstić information content (AvgIpc) is 2.91. The van der Waals surface area contributed by atoms with Gasteiger partial charge in [0, 0.05) is 0 Å². The van der Waals surface area contributed by atoms with E-state index in [0.717, 1.165) is 16.0 Å². The highest BCUT2D eigenvalue weighted by molar-refractivity contribution is 6.33. The number of hydrogen-bond donors (Lipinski definition) is 2. The van der Waals surface area contributed by atoms with Crippen LogP contribution in [0, 0.1) is 6.92 Å². The molecule has 4 amide bonds. The molecule has 6 nitrogen and oxygen atoms in total. The number of carbonyl (C=O) groups is 3. The maximum absolute atomic E-state index is 12.5. The smallest absolute Gasteiger partial charge is 0.325 e. The Balaban J connectivity index is 1.57. The third-order valence-corrected chi connectivity index (χ3v) is 4.68. The molecule has 1 atom stereocenters. The molecule has 3 rings (SSSR count). The number of urea groups is 1. The molecular formula is C20H20ClN3O3. The average molecular weight is 386 g/mol. The number of benzene rings is 2. The van der Waals surface area contributed by atoms with E-state index in [2.05, 4.69) is 10.6 Å². The highest BCUT2D eigenvalue weighted by Crippen LogP contribution is 2.22. The normalized spacial score (nSPS) is 16.4. The molecule has 0 spiro atoms. The van der Waals surface area contributed by atoms with Crippen molar-refractivity contribution in [2.45, 2.75) is 25.8 Å². The summed E-state index contributed by atoms with van der Waals surface area (Å²) in [7, 11) is 0. The van der Waals surface area contributed by atoms with Crippen LogP contribution in [-0.4, -0.2) is 35.3 Å². The minimum Gasteiger partial charge on any atom is -0.326 e. The number of nitrogens with zero attached hydrogens (tertiary/aromatic N) is 1. The van der Waals surface area contributed by atoms with Crippen LogP contribution >= 0.6 is 11.6 Å². The number of amides is 4. The number of aryl methyl sites for hydroxylation is 2. The van der Waals surface area contributed by atoms with Crippen molar-refractivity contribution in [1.29, 1.82) is 0 Å². The van der Waals surface area contributed by atoms with E-state index in [1.807, 2.05) is 43.3 Å². The molecule has 0 unspecified atom stereocenters. The first kappa shape index (κ1) is 18.9.